The van der Waals surface area contributed by atoms with E-state index in [0.29, 0.717) is 6.54 Å². The highest BCUT2D eigenvalue weighted by Crippen LogP contribution is 2.25. The summed E-state index contributed by atoms with van der Waals surface area (Å²) in [5.74, 6) is -0.328. The van der Waals surface area contributed by atoms with Gasteiger partial charge in [0.15, 0.2) is 0 Å². The number of hydrogen-bond donors (Lipinski definition) is 2. The Morgan fingerprint density at radius 2 is 2.18 bits per heavy atom. The molecule has 1 aromatic heterocycles. The van der Waals surface area contributed by atoms with E-state index in [1.165, 1.54) is 6.07 Å². The molecule has 0 atom stereocenters. The van der Waals surface area contributed by atoms with E-state index in [9.17, 15) is 13.2 Å². The predicted octanol–water partition coefficient (Wildman–Crippen LogP) is 1.32. The average Bonchev–Trinajstić information content (AvgIpc) is 2.71. The highest BCUT2D eigenvalue weighted by molar-refractivity contribution is 9.11. The molecule has 0 aliphatic carbocycles. The van der Waals surface area contributed by atoms with Crippen LogP contribution < -0.4 is 10.0 Å². The van der Waals surface area contributed by atoms with Crippen LogP contribution in [0.5, 0.6) is 0 Å². The Morgan fingerprint density at radius 1 is 1.47 bits per heavy atom. The molecule has 0 bridgehead atoms. The van der Waals surface area contributed by atoms with Crippen LogP contribution in [-0.2, 0) is 14.8 Å². The van der Waals surface area contributed by atoms with Gasteiger partial charge in [-0.1, -0.05) is 6.92 Å². The maximum Gasteiger partial charge on any atom is 0.250 e. The van der Waals surface area contributed by atoms with Gasteiger partial charge in [-0.05, 0) is 34.5 Å². The number of carbonyl (C=O) groups excluding carboxylic acids is 1. The maximum atomic E-state index is 11.7. The summed E-state index contributed by atoms with van der Waals surface area (Å²) in [6.45, 7) is 2.23. The van der Waals surface area contributed by atoms with Crippen LogP contribution in [0.15, 0.2) is 20.1 Å². The van der Waals surface area contributed by atoms with E-state index in [1.54, 1.807) is 6.07 Å². The third kappa shape index (κ3) is 4.74. The van der Waals surface area contributed by atoms with E-state index in [1.807, 2.05) is 6.92 Å². The number of amides is 1. The van der Waals surface area contributed by atoms with E-state index < -0.39 is 10.0 Å². The van der Waals surface area contributed by atoms with Crippen molar-refractivity contribution in [3.05, 3.63) is 15.9 Å². The van der Waals surface area contributed by atoms with Crippen LogP contribution >= 0.6 is 27.3 Å². The van der Waals surface area contributed by atoms with Crippen LogP contribution in [0.1, 0.15) is 13.3 Å². The highest BCUT2D eigenvalue weighted by Gasteiger charge is 2.17. The van der Waals surface area contributed by atoms with E-state index >= 15 is 0 Å². The number of nitrogens with one attached hydrogen (secondary N) is 2. The van der Waals surface area contributed by atoms with Crippen LogP contribution in [0.25, 0.3) is 0 Å². The lowest BCUT2D eigenvalue weighted by molar-refractivity contribution is -0.119. The SMILES string of the molecule is CCCNC(=O)CNS(=O)(=O)c1ccc(Br)s1. The van der Waals surface area contributed by atoms with Crippen LogP contribution in [0, 0.1) is 0 Å². The Balaban J connectivity index is 2.54. The number of rotatable bonds is 6. The summed E-state index contributed by atoms with van der Waals surface area (Å²) in [5, 5.41) is 2.59. The lowest BCUT2D eigenvalue weighted by Crippen LogP contribution is -2.36. The van der Waals surface area contributed by atoms with Gasteiger partial charge in [0.2, 0.25) is 5.91 Å². The van der Waals surface area contributed by atoms with Crippen molar-refractivity contribution in [1.29, 1.82) is 0 Å². The first kappa shape index (κ1) is 14.6. The number of sulfonamides is 1. The molecule has 1 rings (SSSR count). The average molecular weight is 341 g/mol. The predicted molar refractivity (Wildman–Crippen MR) is 70.5 cm³/mol. The van der Waals surface area contributed by atoms with Crippen LogP contribution in [0.4, 0.5) is 0 Å². The van der Waals surface area contributed by atoms with Crippen molar-refractivity contribution in [2.75, 3.05) is 13.1 Å². The molecule has 0 saturated heterocycles. The minimum Gasteiger partial charge on any atom is -0.355 e. The van der Waals surface area contributed by atoms with Crippen molar-refractivity contribution < 1.29 is 13.2 Å². The van der Waals surface area contributed by atoms with Gasteiger partial charge in [-0.15, -0.1) is 11.3 Å². The van der Waals surface area contributed by atoms with Gasteiger partial charge in [-0.2, -0.15) is 0 Å². The molecule has 17 heavy (non-hydrogen) atoms. The van der Waals surface area contributed by atoms with Gasteiger partial charge in [0.1, 0.15) is 4.21 Å². The summed E-state index contributed by atoms with van der Waals surface area (Å²) in [6, 6.07) is 3.14. The zero-order valence-electron chi connectivity index (χ0n) is 9.20. The quantitative estimate of drug-likeness (QED) is 0.819. The minimum atomic E-state index is -3.58. The topological polar surface area (TPSA) is 75.3 Å². The van der Waals surface area contributed by atoms with Gasteiger partial charge in [-0.3, -0.25) is 4.79 Å². The van der Waals surface area contributed by atoms with Crippen molar-refractivity contribution in [2.24, 2.45) is 0 Å². The fourth-order valence-corrected chi connectivity index (χ4v) is 4.04. The summed E-state index contributed by atoms with van der Waals surface area (Å²) in [7, 11) is -3.58. The number of carbonyl (C=O) groups is 1. The number of thiophene rings is 1. The first-order valence-corrected chi connectivity index (χ1v) is 8.06. The smallest absolute Gasteiger partial charge is 0.250 e. The largest absolute Gasteiger partial charge is 0.355 e. The van der Waals surface area contributed by atoms with Crippen molar-refractivity contribution in [3.8, 4) is 0 Å². The van der Waals surface area contributed by atoms with Crippen molar-refractivity contribution in [3.63, 3.8) is 0 Å². The van der Waals surface area contributed by atoms with E-state index in [2.05, 4.69) is 26.0 Å². The Morgan fingerprint density at radius 3 is 2.71 bits per heavy atom. The monoisotopic (exact) mass is 340 g/mol. The molecule has 0 saturated carbocycles. The molecule has 0 unspecified atom stereocenters. The normalized spacial score (nSPS) is 11.4. The van der Waals surface area contributed by atoms with Gasteiger partial charge < -0.3 is 5.32 Å². The zero-order chi connectivity index (χ0) is 12.9. The standard InChI is InChI=1S/C9H13BrN2O3S2/c1-2-5-11-8(13)6-12-17(14,15)9-4-3-7(10)16-9/h3-4,12H,2,5-6H2,1H3,(H,11,13). The molecule has 0 aliphatic heterocycles. The minimum absolute atomic E-state index is 0.188. The second-order valence-electron chi connectivity index (χ2n) is 3.23. The fourth-order valence-electron chi connectivity index (χ4n) is 1.00. The molecular weight excluding hydrogens is 328 g/mol. The van der Waals surface area contributed by atoms with E-state index in [-0.39, 0.29) is 16.7 Å². The van der Waals surface area contributed by atoms with Crippen molar-refractivity contribution >= 4 is 43.2 Å². The molecule has 5 nitrogen and oxygen atoms in total. The number of hydrogen-bond acceptors (Lipinski definition) is 4. The first-order chi connectivity index (χ1) is 7.95. The lowest BCUT2D eigenvalue weighted by Gasteiger charge is -2.05. The summed E-state index contributed by atoms with van der Waals surface area (Å²) in [4.78, 5) is 11.2. The number of halogens is 1. The van der Waals surface area contributed by atoms with Crippen molar-refractivity contribution in [1.82, 2.24) is 10.0 Å². The molecule has 0 aliphatic rings. The van der Waals surface area contributed by atoms with Gasteiger partial charge in [-0.25, -0.2) is 13.1 Å². The lowest BCUT2D eigenvalue weighted by atomic mass is 10.5. The molecule has 2 N–H and O–H groups in total. The summed E-state index contributed by atoms with van der Waals surface area (Å²) >= 11 is 4.28. The van der Waals surface area contributed by atoms with Gasteiger partial charge in [0, 0.05) is 6.54 Å². The molecule has 0 fully saturated rings. The summed E-state index contributed by atoms with van der Waals surface area (Å²) < 4.78 is 26.6. The Labute approximate surface area is 113 Å². The third-order valence-electron chi connectivity index (χ3n) is 1.81. The van der Waals surface area contributed by atoms with E-state index in [0.717, 1.165) is 21.5 Å². The third-order valence-corrected chi connectivity index (χ3v) is 5.33. The fraction of sp³-hybridized carbons (Fsp3) is 0.444. The highest BCUT2D eigenvalue weighted by atomic mass is 79.9. The summed E-state index contributed by atoms with van der Waals surface area (Å²) in [5.41, 5.74) is 0. The molecular formula is C9H13BrN2O3S2. The molecule has 0 radical (unpaired) electrons. The Kier molecular flexibility index (Phi) is 5.57. The molecule has 1 heterocycles. The van der Waals surface area contributed by atoms with Gasteiger partial charge in [0.25, 0.3) is 10.0 Å². The molecule has 1 aromatic rings. The summed E-state index contributed by atoms with van der Waals surface area (Å²) in [6.07, 6.45) is 0.816. The molecule has 0 spiro atoms. The van der Waals surface area contributed by atoms with Crippen LogP contribution in [0.2, 0.25) is 0 Å². The zero-order valence-corrected chi connectivity index (χ0v) is 12.4. The van der Waals surface area contributed by atoms with Gasteiger partial charge >= 0.3 is 0 Å². The van der Waals surface area contributed by atoms with Crippen molar-refractivity contribution in [2.45, 2.75) is 17.6 Å². The molecule has 0 aromatic carbocycles. The van der Waals surface area contributed by atoms with Gasteiger partial charge in [0.05, 0.1) is 10.3 Å². The van der Waals surface area contributed by atoms with Crippen LogP contribution in [0.3, 0.4) is 0 Å². The Hall–Kier alpha value is -0.440. The first-order valence-electron chi connectivity index (χ1n) is 4.97. The molecule has 1 amide bonds. The Bertz CT molecular complexity index is 484. The second kappa shape index (κ2) is 6.48. The second-order valence-corrected chi connectivity index (χ2v) is 7.69. The molecule has 8 heteroatoms. The van der Waals surface area contributed by atoms with E-state index in [4.69, 9.17) is 0 Å². The maximum absolute atomic E-state index is 11.7. The molecule has 96 valence electrons. The van der Waals surface area contributed by atoms with Crippen LogP contribution in [-0.4, -0.2) is 27.4 Å².